The van der Waals surface area contributed by atoms with Crippen molar-refractivity contribution in [1.29, 1.82) is 0 Å². The molecule has 2 N–H and O–H groups in total. The molecule has 0 saturated carbocycles. The third kappa shape index (κ3) is 2.46. The highest BCUT2D eigenvalue weighted by molar-refractivity contribution is 4.91. The van der Waals surface area contributed by atoms with Crippen molar-refractivity contribution in [2.75, 3.05) is 13.1 Å². The quantitative estimate of drug-likeness (QED) is 0.654. The Kier molecular flexibility index (Phi) is 3.13. The van der Waals surface area contributed by atoms with Crippen molar-refractivity contribution in [3.05, 3.63) is 0 Å². The van der Waals surface area contributed by atoms with Gasteiger partial charge in [0.25, 0.3) is 0 Å². The van der Waals surface area contributed by atoms with Crippen molar-refractivity contribution in [3.63, 3.8) is 0 Å². The molecule has 1 heterocycles. The van der Waals surface area contributed by atoms with Crippen LogP contribution in [0, 0.1) is 5.92 Å². The Hall–Kier alpha value is -0.0800. The predicted molar refractivity (Wildman–Crippen MR) is 53.3 cm³/mol. The van der Waals surface area contributed by atoms with E-state index in [2.05, 4.69) is 38.3 Å². The number of piperazine rings is 1. The summed E-state index contributed by atoms with van der Waals surface area (Å²) in [6.07, 6.45) is 1.26. The fourth-order valence-electron chi connectivity index (χ4n) is 1.59. The molecule has 0 spiro atoms. The Morgan fingerprint density at radius 1 is 1.50 bits per heavy atom. The molecule has 0 aromatic heterocycles. The molecule has 0 aromatic carbocycles. The van der Waals surface area contributed by atoms with Gasteiger partial charge in [-0.15, -0.1) is 0 Å². The Morgan fingerprint density at radius 2 is 2.17 bits per heavy atom. The van der Waals surface area contributed by atoms with Crippen LogP contribution in [0.2, 0.25) is 0 Å². The van der Waals surface area contributed by atoms with E-state index in [0.717, 1.165) is 19.0 Å². The summed E-state index contributed by atoms with van der Waals surface area (Å²) < 4.78 is 0. The fraction of sp³-hybridized carbons (Fsp3) is 1.00. The Labute approximate surface area is 76.1 Å². The molecule has 1 saturated heterocycles. The lowest BCUT2D eigenvalue weighted by atomic mass is 9.93. The summed E-state index contributed by atoms with van der Waals surface area (Å²) in [4.78, 5) is 0. The van der Waals surface area contributed by atoms with E-state index in [1.54, 1.807) is 0 Å². The first kappa shape index (κ1) is 10.0. The maximum atomic E-state index is 3.60. The lowest BCUT2D eigenvalue weighted by Crippen LogP contribution is -2.61. The molecule has 0 bridgehead atoms. The van der Waals surface area contributed by atoms with Crippen LogP contribution < -0.4 is 10.6 Å². The summed E-state index contributed by atoms with van der Waals surface area (Å²) in [5.74, 6) is 0.786. The summed E-state index contributed by atoms with van der Waals surface area (Å²) in [5, 5.41) is 7.16. The van der Waals surface area contributed by atoms with Gasteiger partial charge in [-0.1, -0.05) is 20.3 Å². The highest BCUT2D eigenvalue weighted by atomic mass is 15.1. The van der Waals surface area contributed by atoms with E-state index in [-0.39, 0.29) is 5.54 Å². The second-order valence-corrected chi connectivity index (χ2v) is 4.64. The second-order valence-electron chi connectivity index (χ2n) is 4.64. The molecule has 1 rings (SSSR count). The van der Waals surface area contributed by atoms with Crippen LogP contribution in [-0.4, -0.2) is 24.7 Å². The van der Waals surface area contributed by atoms with Crippen molar-refractivity contribution in [2.24, 2.45) is 5.92 Å². The molecule has 0 radical (unpaired) electrons. The molecule has 2 unspecified atom stereocenters. The summed E-state index contributed by atoms with van der Waals surface area (Å²) >= 11 is 0. The van der Waals surface area contributed by atoms with Gasteiger partial charge in [-0.3, -0.25) is 0 Å². The molecule has 1 aliphatic rings. The zero-order chi connectivity index (χ0) is 9.19. The molecule has 72 valence electrons. The fourth-order valence-corrected chi connectivity index (χ4v) is 1.59. The Morgan fingerprint density at radius 3 is 2.58 bits per heavy atom. The Balaban J connectivity index is 2.36. The van der Waals surface area contributed by atoms with Crippen LogP contribution in [0.3, 0.4) is 0 Å². The maximum Gasteiger partial charge on any atom is 0.0250 e. The number of rotatable bonds is 2. The number of hydrogen-bond donors (Lipinski definition) is 2. The van der Waals surface area contributed by atoms with Crippen molar-refractivity contribution in [1.82, 2.24) is 10.6 Å². The van der Waals surface area contributed by atoms with Gasteiger partial charge in [-0.25, -0.2) is 0 Å². The predicted octanol–water partition coefficient (Wildman–Crippen LogP) is 1.37. The second kappa shape index (κ2) is 3.75. The van der Waals surface area contributed by atoms with Crippen LogP contribution in [-0.2, 0) is 0 Å². The Bertz CT molecular complexity index is 133. The molecule has 1 fully saturated rings. The molecule has 1 aliphatic heterocycles. The van der Waals surface area contributed by atoms with Gasteiger partial charge in [0.1, 0.15) is 0 Å². The van der Waals surface area contributed by atoms with E-state index < -0.39 is 0 Å². The minimum atomic E-state index is 0.282. The summed E-state index contributed by atoms with van der Waals surface area (Å²) in [6, 6.07) is 0.669. The van der Waals surface area contributed by atoms with E-state index >= 15 is 0 Å². The molecule has 0 aliphatic carbocycles. The monoisotopic (exact) mass is 170 g/mol. The highest BCUT2D eigenvalue weighted by Crippen LogP contribution is 2.13. The van der Waals surface area contributed by atoms with Gasteiger partial charge in [-0.2, -0.15) is 0 Å². The van der Waals surface area contributed by atoms with Crippen LogP contribution in [0.5, 0.6) is 0 Å². The molecular weight excluding hydrogens is 148 g/mol. The van der Waals surface area contributed by atoms with Gasteiger partial charge in [0, 0.05) is 24.7 Å². The largest absolute Gasteiger partial charge is 0.311 e. The van der Waals surface area contributed by atoms with Crippen LogP contribution in [0.15, 0.2) is 0 Å². The number of hydrogen-bond acceptors (Lipinski definition) is 2. The van der Waals surface area contributed by atoms with E-state index in [4.69, 9.17) is 0 Å². The normalized spacial score (nSPS) is 31.5. The smallest absolute Gasteiger partial charge is 0.0250 e. The zero-order valence-electron chi connectivity index (χ0n) is 8.78. The van der Waals surface area contributed by atoms with Gasteiger partial charge in [0.2, 0.25) is 0 Å². The van der Waals surface area contributed by atoms with Crippen LogP contribution in [0.25, 0.3) is 0 Å². The lowest BCUT2D eigenvalue weighted by Gasteiger charge is -2.39. The minimum Gasteiger partial charge on any atom is -0.311 e. The summed E-state index contributed by atoms with van der Waals surface area (Å²) in [5.41, 5.74) is 0.282. The molecule has 2 nitrogen and oxygen atoms in total. The van der Waals surface area contributed by atoms with Crippen molar-refractivity contribution < 1.29 is 0 Å². The SMILES string of the molecule is CCC(C)C1CNC(C)(C)CN1. The van der Waals surface area contributed by atoms with Crippen LogP contribution >= 0.6 is 0 Å². The first-order valence-electron chi connectivity index (χ1n) is 5.03. The third-order valence-electron chi connectivity index (χ3n) is 2.94. The van der Waals surface area contributed by atoms with Crippen LogP contribution in [0.4, 0.5) is 0 Å². The van der Waals surface area contributed by atoms with E-state index in [9.17, 15) is 0 Å². The highest BCUT2D eigenvalue weighted by Gasteiger charge is 2.27. The first-order valence-corrected chi connectivity index (χ1v) is 5.03. The molecule has 0 aromatic rings. The topological polar surface area (TPSA) is 24.1 Å². The van der Waals surface area contributed by atoms with Crippen molar-refractivity contribution >= 4 is 0 Å². The molecule has 12 heavy (non-hydrogen) atoms. The molecule has 0 amide bonds. The van der Waals surface area contributed by atoms with Crippen molar-refractivity contribution in [2.45, 2.75) is 45.7 Å². The maximum absolute atomic E-state index is 3.60. The summed E-state index contributed by atoms with van der Waals surface area (Å²) in [6.45, 7) is 11.3. The standard InChI is InChI=1S/C10H22N2/c1-5-8(2)9-6-12-10(3,4)7-11-9/h8-9,11-12H,5-7H2,1-4H3. The third-order valence-corrected chi connectivity index (χ3v) is 2.94. The first-order chi connectivity index (χ1) is 5.55. The average Bonchev–Trinajstić information content (AvgIpc) is 2.03. The molecule has 2 heteroatoms. The van der Waals surface area contributed by atoms with Gasteiger partial charge in [-0.05, 0) is 19.8 Å². The van der Waals surface area contributed by atoms with E-state index in [1.807, 2.05) is 0 Å². The number of nitrogens with one attached hydrogen (secondary N) is 2. The van der Waals surface area contributed by atoms with Gasteiger partial charge < -0.3 is 10.6 Å². The lowest BCUT2D eigenvalue weighted by molar-refractivity contribution is 0.229. The minimum absolute atomic E-state index is 0.282. The van der Waals surface area contributed by atoms with Crippen LogP contribution in [0.1, 0.15) is 34.1 Å². The van der Waals surface area contributed by atoms with Gasteiger partial charge >= 0.3 is 0 Å². The van der Waals surface area contributed by atoms with Gasteiger partial charge in [0.15, 0.2) is 0 Å². The van der Waals surface area contributed by atoms with Gasteiger partial charge in [0.05, 0.1) is 0 Å². The zero-order valence-corrected chi connectivity index (χ0v) is 8.78. The average molecular weight is 170 g/mol. The summed E-state index contributed by atoms with van der Waals surface area (Å²) in [7, 11) is 0. The van der Waals surface area contributed by atoms with E-state index in [1.165, 1.54) is 6.42 Å². The molecule has 2 atom stereocenters. The van der Waals surface area contributed by atoms with Crippen molar-refractivity contribution in [3.8, 4) is 0 Å². The van der Waals surface area contributed by atoms with E-state index in [0.29, 0.717) is 6.04 Å². The molecular formula is C10H22N2.